The van der Waals surface area contributed by atoms with Crippen LogP contribution in [0.3, 0.4) is 0 Å². The topological polar surface area (TPSA) is 92.3 Å². The second-order valence-corrected chi connectivity index (χ2v) is 8.64. The molecule has 0 aliphatic heterocycles. The van der Waals surface area contributed by atoms with Crippen LogP contribution < -0.4 is 10.6 Å². The van der Waals surface area contributed by atoms with E-state index in [1.54, 1.807) is 13.8 Å². The van der Waals surface area contributed by atoms with Gasteiger partial charge in [-0.2, -0.15) is 0 Å². The Kier molecular flexibility index (Phi) is 11.1. The third-order valence-electron chi connectivity index (χ3n) is 5.36. The van der Waals surface area contributed by atoms with Crippen molar-refractivity contribution in [3.63, 3.8) is 0 Å². The van der Waals surface area contributed by atoms with Crippen molar-refractivity contribution < 1.29 is 19.2 Å². The SMILES string of the molecule is CC(=O)C(C)(C)CCC(=O)NCCCCCNC(=O)CCC(C)(C)C(C)=O. The molecule has 27 heavy (non-hydrogen) atoms. The second kappa shape index (κ2) is 11.9. The van der Waals surface area contributed by atoms with Crippen LogP contribution in [0.25, 0.3) is 0 Å². The Hall–Kier alpha value is -1.72. The number of hydrogen-bond donors (Lipinski definition) is 2. The lowest BCUT2D eigenvalue weighted by atomic mass is 9.84. The van der Waals surface area contributed by atoms with Gasteiger partial charge in [-0.05, 0) is 46.0 Å². The van der Waals surface area contributed by atoms with Gasteiger partial charge >= 0.3 is 0 Å². The summed E-state index contributed by atoms with van der Waals surface area (Å²) in [5.41, 5.74) is -0.898. The van der Waals surface area contributed by atoms with E-state index in [0.717, 1.165) is 19.3 Å². The van der Waals surface area contributed by atoms with Gasteiger partial charge in [0.2, 0.25) is 11.8 Å². The van der Waals surface area contributed by atoms with Crippen LogP contribution in [0.1, 0.15) is 86.5 Å². The predicted molar refractivity (Wildman–Crippen MR) is 107 cm³/mol. The van der Waals surface area contributed by atoms with Crippen molar-refractivity contribution in [1.82, 2.24) is 10.6 Å². The molecule has 0 aliphatic rings. The Morgan fingerprint density at radius 3 is 1.26 bits per heavy atom. The highest BCUT2D eigenvalue weighted by Crippen LogP contribution is 2.23. The number of carbonyl (C=O) groups is 4. The number of carbonyl (C=O) groups excluding carboxylic acids is 4. The normalized spacial score (nSPS) is 11.8. The van der Waals surface area contributed by atoms with Crippen molar-refractivity contribution in [1.29, 1.82) is 0 Å². The second-order valence-electron chi connectivity index (χ2n) is 8.64. The lowest BCUT2D eigenvalue weighted by Gasteiger charge is -2.20. The van der Waals surface area contributed by atoms with Crippen LogP contribution >= 0.6 is 0 Å². The van der Waals surface area contributed by atoms with E-state index in [2.05, 4.69) is 10.6 Å². The van der Waals surface area contributed by atoms with Crippen molar-refractivity contribution >= 4 is 23.4 Å². The molecule has 0 unspecified atom stereocenters. The summed E-state index contributed by atoms with van der Waals surface area (Å²) in [7, 11) is 0. The molecule has 0 heterocycles. The minimum absolute atomic E-state index is 0.0225. The fraction of sp³-hybridized carbons (Fsp3) is 0.810. The number of hydrogen-bond acceptors (Lipinski definition) is 4. The average molecular weight is 383 g/mol. The van der Waals surface area contributed by atoms with Gasteiger partial charge in [-0.1, -0.05) is 27.7 Å². The highest BCUT2D eigenvalue weighted by atomic mass is 16.2. The zero-order chi connectivity index (χ0) is 21.1. The van der Waals surface area contributed by atoms with Crippen LogP contribution in [0.5, 0.6) is 0 Å². The average Bonchev–Trinajstić information content (AvgIpc) is 2.57. The molecule has 0 spiro atoms. The van der Waals surface area contributed by atoms with E-state index in [9.17, 15) is 19.2 Å². The number of unbranched alkanes of at least 4 members (excludes halogenated alkanes) is 2. The summed E-state index contributed by atoms with van der Waals surface area (Å²) in [4.78, 5) is 46.4. The molecule has 2 N–H and O–H groups in total. The lowest BCUT2D eigenvalue weighted by Crippen LogP contribution is -2.29. The molecule has 6 heteroatoms. The first-order valence-electron chi connectivity index (χ1n) is 9.94. The number of nitrogens with one attached hydrogen (secondary N) is 2. The van der Waals surface area contributed by atoms with Crippen molar-refractivity contribution in [2.75, 3.05) is 13.1 Å². The van der Waals surface area contributed by atoms with Crippen LogP contribution in [0.15, 0.2) is 0 Å². The third kappa shape index (κ3) is 11.6. The van der Waals surface area contributed by atoms with Crippen molar-refractivity contribution in [3.8, 4) is 0 Å². The molecule has 0 aromatic rings. The minimum Gasteiger partial charge on any atom is -0.356 e. The van der Waals surface area contributed by atoms with Crippen molar-refractivity contribution in [2.45, 2.75) is 86.5 Å². The molecule has 2 amide bonds. The maximum absolute atomic E-state index is 11.8. The molecular weight excluding hydrogens is 344 g/mol. The van der Waals surface area contributed by atoms with E-state index in [1.807, 2.05) is 27.7 Å². The maximum Gasteiger partial charge on any atom is 0.220 e. The Bertz CT molecular complexity index is 478. The van der Waals surface area contributed by atoms with Gasteiger partial charge in [0.25, 0.3) is 0 Å². The molecular formula is C21H38N2O4. The van der Waals surface area contributed by atoms with Crippen LogP contribution in [-0.4, -0.2) is 36.5 Å². The Morgan fingerprint density at radius 2 is 0.963 bits per heavy atom. The first-order chi connectivity index (χ1) is 12.4. The highest BCUT2D eigenvalue weighted by Gasteiger charge is 2.25. The number of ketones is 2. The summed E-state index contributed by atoms with van der Waals surface area (Å²) in [6.07, 6.45) is 4.46. The van der Waals surface area contributed by atoms with Gasteiger partial charge in [0.1, 0.15) is 11.6 Å². The van der Waals surface area contributed by atoms with Gasteiger partial charge in [0.05, 0.1) is 0 Å². The van der Waals surface area contributed by atoms with Crippen molar-refractivity contribution in [2.24, 2.45) is 10.8 Å². The monoisotopic (exact) mass is 382 g/mol. The van der Waals surface area contributed by atoms with Gasteiger partial charge in [-0.3, -0.25) is 19.2 Å². The van der Waals surface area contributed by atoms with E-state index in [-0.39, 0.29) is 23.4 Å². The molecule has 0 aromatic heterocycles. The molecule has 6 nitrogen and oxygen atoms in total. The van der Waals surface area contributed by atoms with Crippen molar-refractivity contribution in [3.05, 3.63) is 0 Å². The summed E-state index contributed by atoms with van der Waals surface area (Å²) < 4.78 is 0. The number of Topliss-reactive ketones (excluding diaryl/α,β-unsaturated/α-hetero) is 2. The zero-order valence-electron chi connectivity index (χ0n) is 18.0. The molecule has 0 saturated carbocycles. The van der Waals surface area contributed by atoms with Gasteiger partial charge in [-0.25, -0.2) is 0 Å². The first-order valence-corrected chi connectivity index (χ1v) is 9.94. The molecule has 0 rings (SSSR count). The van der Waals surface area contributed by atoms with Crippen LogP contribution in [0.4, 0.5) is 0 Å². The molecule has 0 radical (unpaired) electrons. The largest absolute Gasteiger partial charge is 0.356 e. The summed E-state index contributed by atoms with van der Waals surface area (Å²) >= 11 is 0. The van der Waals surface area contributed by atoms with E-state index in [1.165, 1.54) is 0 Å². The summed E-state index contributed by atoms with van der Waals surface area (Å²) in [6.45, 7) is 11.8. The van der Waals surface area contributed by atoms with Gasteiger partial charge < -0.3 is 10.6 Å². The van der Waals surface area contributed by atoms with Crippen LogP contribution in [0, 0.1) is 10.8 Å². The summed E-state index contributed by atoms with van der Waals surface area (Å²) in [6, 6.07) is 0. The molecule has 0 fully saturated rings. The number of rotatable bonds is 14. The molecule has 0 atom stereocenters. The first kappa shape index (κ1) is 25.3. The van der Waals surface area contributed by atoms with E-state index in [4.69, 9.17) is 0 Å². The molecule has 0 saturated heterocycles. The van der Waals surface area contributed by atoms with Crippen LogP contribution in [0.2, 0.25) is 0 Å². The lowest BCUT2D eigenvalue weighted by molar-refractivity contribution is -0.127. The quantitative estimate of drug-likeness (QED) is 0.451. The highest BCUT2D eigenvalue weighted by molar-refractivity contribution is 5.83. The van der Waals surface area contributed by atoms with Gasteiger partial charge in [-0.15, -0.1) is 0 Å². The zero-order valence-corrected chi connectivity index (χ0v) is 18.0. The minimum atomic E-state index is -0.449. The summed E-state index contributed by atoms with van der Waals surface area (Å²) in [5, 5.41) is 5.74. The standard InChI is InChI=1S/C21H38N2O4/c1-16(24)20(3,4)12-10-18(26)22-14-8-7-9-15-23-19(27)11-13-21(5,6)17(2)25/h7-15H2,1-6H3,(H,22,26)(H,23,27). The Balaban J connectivity index is 3.70. The third-order valence-corrected chi connectivity index (χ3v) is 5.36. The summed E-state index contributed by atoms with van der Waals surface area (Å²) in [5.74, 6) is 0.154. The maximum atomic E-state index is 11.8. The van der Waals surface area contributed by atoms with Gasteiger partial charge in [0.15, 0.2) is 0 Å². The fourth-order valence-electron chi connectivity index (χ4n) is 2.26. The van der Waals surface area contributed by atoms with E-state index >= 15 is 0 Å². The molecule has 0 aromatic carbocycles. The van der Waals surface area contributed by atoms with Gasteiger partial charge in [0, 0.05) is 36.8 Å². The number of amides is 2. The Labute approximate surface area is 164 Å². The smallest absolute Gasteiger partial charge is 0.220 e. The predicted octanol–water partition coefficient (Wildman–Crippen LogP) is 3.18. The fourth-order valence-corrected chi connectivity index (χ4v) is 2.26. The molecule has 0 bridgehead atoms. The molecule has 156 valence electrons. The van der Waals surface area contributed by atoms with E-state index in [0.29, 0.717) is 38.8 Å². The molecule has 0 aliphatic carbocycles. The van der Waals surface area contributed by atoms with E-state index < -0.39 is 10.8 Å². The Morgan fingerprint density at radius 1 is 0.630 bits per heavy atom. The van der Waals surface area contributed by atoms with Crippen LogP contribution in [-0.2, 0) is 19.2 Å².